The van der Waals surface area contributed by atoms with E-state index in [1.54, 1.807) is 6.20 Å². The highest BCUT2D eigenvalue weighted by molar-refractivity contribution is 6.00. The van der Waals surface area contributed by atoms with Crippen LogP contribution in [0.5, 0.6) is 0 Å². The zero-order chi connectivity index (χ0) is 13.2. The minimum Gasteiger partial charge on any atom is -0.409 e. The van der Waals surface area contributed by atoms with Crippen molar-refractivity contribution in [2.45, 2.75) is 6.42 Å². The van der Waals surface area contributed by atoms with Gasteiger partial charge in [-0.3, -0.25) is 0 Å². The summed E-state index contributed by atoms with van der Waals surface area (Å²) in [5.74, 6) is 0.579. The fourth-order valence-electron chi connectivity index (χ4n) is 2.31. The largest absolute Gasteiger partial charge is 0.409 e. The van der Waals surface area contributed by atoms with Crippen LogP contribution in [0.25, 0.3) is 0 Å². The van der Waals surface area contributed by atoms with Crippen molar-refractivity contribution in [2.24, 2.45) is 10.9 Å². The number of hydrogen-bond acceptors (Lipinski definition) is 5. The first kappa shape index (κ1) is 11.5. The van der Waals surface area contributed by atoms with Crippen molar-refractivity contribution < 1.29 is 5.21 Å². The number of rotatable bonds is 2. The summed E-state index contributed by atoms with van der Waals surface area (Å²) in [4.78, 5) is 10.5. The van der Waals surface area contributed by atoms with E-state index in [1.807, 2.05) is 23.1 Å². The molecular weight excluding hydrogens is 242 g/mol. The molecule has 6 heteroatoms. The molecule has 2 aromatic rings. The fraction of sp³-hybridized carbons (Fsp3) is 0.154. The Morgan fingerprint density at radius 3 is 2.89 bits per heavy atom. The van der Waals surface area contributed by atoms with Gasteiger partial charge in [-0.1, -0.05) is 23.4 Å². The lowest BCUT2D eigenvalue weighted by molar-refractivity contribution is 0.318. The van der Waals surface area contributed by atoms with E-state index in [0.717, 1.165) is 18.7 Å². The number of oxime groups is 1. The summed E-state index contributed by atoms with van der Waals surface area (Å²) >= 11 is 0. The second kappa shape index (κ2) is 4.56. The first-order valence-electron chi connectivity index (χ1n) is 5.95. The van der Waals surface area contributed by atoms with E-state index >= 15 is 0 Å². The van der Waals surface area contributed by atoms with Crippen molar-refractivity contribution in [1.29, 1.82) is 0 Å². The molecule has 1 aliphatic rings. The van der Waals surface area contributed by atoms with Crippen LogP contribution in [0.4, 0.5) is 11.5 Å². The van der Waals surface area contributed by atoms with Gasteiger partial charge in [0.25, 0.3) is 0 Å². The fourth-order valence-corrected chi connectivity index (χ4v) is 2.31. The van der Waals surface area contributed by atoms with Gasteiger partial charge in [0.05, 0.1) is 0 Å². The molecule has 0 bridgehead atoms. The molecule has 0 aliphatic carbocycles. The van der Waals surface area contributed by atoms with Crippen molar-refractivity contribution in [2.75, 3.05) is 11.4 Å². The standard InChI is InChI=1S/C13H13N5O/c14-12(17-19)11-13(16-7-6-15-11)18-8-5-9-3-1-2-4-10(9)18/h1-4,6-7,19H,5,8H2,(H2,14,17). The number of aromatic nitrogens is 2. The topological polar surface area (TPSA) is 87.6 Å². The lowest BCUT2D eigenvalue weighted by Crippen LogP contribution is -2.23. The van der Waals surface area contributed by atoms with E-state index in [0.29, 0.717) is 11.5 Å². The predicted molar refractivity (Wildman–Crippen MR) is 71.7 cm³/mol. The lowest BCUT2D eigenvalue weighted by atomic mass is 10.2. The Morgan fingerprint density at radius 2 is 2.05 bits per heavy atom. The van der Waals surface area contributed by atoms with Crippen molar-refractivity contribution in [3.63, 3.8) is 0 Å². The van der Waals surface area contributed by atoms with Crippen LogP contribution in [-0.2, 0) is 6.42 Å². The van der Waals surface area contributed by atoms with Crippen LogP contribution < -0.4 is 10.6 Å². The van der Waals surface area contributed by atoms with E-state index in [-0.39, 0.29) is 5.84 Å². The predicted octanol–water partition coefficient (Wildman–Crippen LogP) is 1.27. The molecule has 6 nitrogen and oxygen atoms in total. The molecule has 19 heavy (non-hydrogen) atoms. The zero-order valence-corrected chi connectivity index (χ0v) is 10.2. The second-order valence-corrected chi connectivity index (χ2v) is 4.24. The van der Waals surface area contributed by atoms with Crippen LogP contribution in [-0.4, -0.2) is 27.6 Å². The summed E-state index contributed by atoms with van der Waals surface area (Å²) < 4.78 is 0. The molecule has 0 amide bonds. The number of hydrogen-bond donors (Lipinski definition) is 2. The quantitative estimate of drug-likeness (QED) is 0.365. The average molecular weight is 255 g/mol. The summed E-state index contributed by atoms with van der Waals surface area (Å²) in [5.41, 5.74) is 8.40. The number of nitrogens with two attached hydrogens (primary N) is 1. The Bertz CT molecular complexity index is 640. The van der Waals surface area contributed by atoms with Crippen LogP contribution in [0.15, 0.2) is 41.8 Å². The Kier molecular flexibility index (Phi) is 2.75. The molecule has 0 fully saturated rings. The second-order valence-electron chi connectivity index (χ2n) is 4.24. The SMILES string of the molecule is NC(=NO)c1nccnc1N1CCc2ccccc21. The van der Waals surface area contributed by atoms with Crippen molar-refractivity contribution in [3.05, 3.63) is 47.9 Å². The van der Waals surface area contributed by atoms with Crippen molar-refractivity contribution in [1.82, 2.24) is 9.97 Å². The van der Waals surface area contributed by atoms with Crippen LogP contribution in [0.1, 0.15) is 11.3 Å². The maximum absolute atomic E-state index is 8.83. The molecule has 96 valence electrons. The van der Waals surface area contributed by atoms with Gasteiger partial charge in [-0.05, 0) is 18.1 Å². The maximum Gasteiger partial charge on any atom is 0.192 e. The van der Waals surface area contributed by atoms with E-state index in [4.69, 9.17) is 10.9 Å². The average Bonchev–Trinajstić information content (AvgIpc) is 2.90. The molecule has 1 aromatic heterocycles. The van der Waals surface area contributed by atoms with E-state index < -0.39 is 0 Å². The third-order valence-electron chi connectivity index (χ3n) is 3.17. The minimum atomic E-state index is -0.0347. The summed E-state index contributed by atoms with van der Waals surface area (Å²) in [5, 5.41) is 11.8. The number of fused-ring (bicyclic) bond motifs is 1. The third kappa shape index (κ3) is 1.87. The number of benzene rings is 1. The molecular formula is C13H13N5O. The molecule has 0 spiro atoms. The number of anilines is 2. The Labute approximate surface area is 110 Å². The van der Waals surface area contributed by atoms with E-state index in [1.165, 1.54) is 11.8 Å². The van der Waals surface area contributed by atoms with E-state index in [9.17, 15) is 0 Å². The molecule has 0 radical (unpaired) electrons. The van der Waals surface area contributed by atoms with Crippen LogP contribution in [0, 0.1) is 0 Å². The molecule has 0 unspecified atom stereocenters. The maximum atomic E-state index is 8.83. The third-order valence-corrected chi connectivity index (χ3v) is 3.17. The molecule has 3 N–H and O–H groups in total. The first-order valence-corrected chi connectivity index (χ1v) is 5.95. The Balaban J connectivity index is 2.10. The Hall–Kier alpha value is -2.63. The van der Waals surface area contributed by atoms with Crippen LogP contribution >= 0.6 is 0 Å². The number of para-hydroxylation sites is 1. The van der Waals surface area contributed by atoms with Gasteiger partial charge in [0.15, 0.2) is 17.3 Å². The molecule has 3 rings (SSSR count). The first-order chi connectivity index (χ1) is 9.31. The highest BCUT2D eigenvalue weighted by atomic mass is 16.4. The van der Waals surface area contributed by atoms with Gasteiger partial charge in [-0.15, -0.1) is 0 Å². The van der Waals surface area contributed by atoms with Gasteiger partial charge in [-0.2, -0.15) is 0 Å². The van der Waals surface area contributed by atoms with Gasteiger partial charge < -0.3 is 15.8 Å². The van der Waals surface area contributed by atoms with Gasteiger partial charge in [0.1, 0.15) is 0 Å². The summed E-state index contributed by atoms with van der Waals surface area (Å²) in [6.07, 6.45) is 4.08. The lowest BCUT2D eigenvalue weighted by Gasteiger charge is -2.19. The highest BCUT2D eigenvalue weighted by Gasteiger charge is 2.24. The number of amidine groups is 1. The Morgan fingerprint density at radius 1 is 1.26 bits per heavy atom. The molecule has 1 aromatic carbocycles. The van der Waals surface area contributed by atoms with Crippen LogP contribution in [0.3, 0.4) is 0 Å². The normalized spacial score (nSPS) is 14.5. The van der Waals surface area contributed by atoms with Crippen molar-refractivity contribution in [3.8, 4) is 0 Å². The van der Waals surface area contributed by atoms with Crippen molar-refractivity contribution >= 4 is 17.3 Å². The summed E-state index contributed by atoms with van der Waals surface area (Å²) in [7, 11) is 0. The minimum absolute atomic E-state index is 0.0347. The molecule has 0 saturated carbocycles. The van der Waals surface area contributed by atoms with Gasteiger partial charge in [0, 0.05) is 24.6 Å². The number of nitrogens with zero attached hydrogens (tertiary/aromatic N) is 4. The molecule has 2 heterocycles. The molecule has 0 atom stereocenters. The monoisotopic (exact) mass is 255 g/mol. The smallest absolute Gasteiger partial charge is 0.192 e. The van der Waals surface area contributed by atoms with Crippen LogP contribution in [0.2, 0.25) is 0 Å². The van der Waals surface area contributed by atoms with E-state index in [2.05, 4.69) is 21.2 Å². The zero-order valence-electron chi connectivity index (χ0n) is 10.2. The summed E-state index contributed by atoms with van der Waals surface area (Å²) in [6.45, 7) is 0.809. The highest BCUT2D eigenvalue weighted by Crippen LogP contribution is 2.34. The van der Waals surface area contributed by atoms with Gasteiger partial charge in [-0.25, -0.2) is 9.97 Å². The molecule has 1 aliphatic heterocycles. The molecule has 0 saturated heterocycles. The summed E-state index contributed by atoms with van der Waals surface area (Å²) in [6, 6.07) is 8.13. The van der Waals surface area contributed by atoms with Gasteiger partial charge >= 0.3 is 0 Å². The van der Waals surface area contributed by atoms with Gasteiger partial charge in [0.2, 0.25) is 0 Å².